The zero-order valence-electron chi connectivity index (χ0n) is 13.0. The fraction of sp³-hybridized carbons (Fsp3) is 0.588. The first-order valence-corrected chi connectivity index (χ1v) is 8.01. The number of ether oxygens (including phenoxy) is 1. The van der Waals surface area contributed by atoms with Gasteiger partial charge in [0, 0.05) is 38.1 Å². The number of para-hydroxylation sites is 1. The van der Waals surface area contributed by atoms with Crippen molar-refractivity contribution in [1.82, 2.24) is 15.1 Å². The Labute approximate surface area is 126 Å². The Hall–Kier alpha value is -1.39. The monoisotopic (exact) mass is 287 g/mol. The minimum atomic E-state index is 0.497. The third-order valence-corrected chi connectivity index (χ3v) is 4.55. The van der Waals surface area contributed by atoms with Crippen molar-refractivity contribution in [1.29, 1.82) is 0 Å². The molecule has 1 atom stereocenters. The summed E-state index contributed by atoms with van der Waals surface area (Å²) < 4.78 is 7.50. The van der Waals surface area contributed by atoms with Crippen LogP contribution in [0.4, 0.5) is 0 Å². The van der Waals surface area contributed by atoms with Gasteiger partial charge < -0.3 is 10.1 Å². The Balaban J connectivity index is 1.83. The standard InChI is InChI=1S/C17H25N3O/c1-3-18-15(13-8-10-21-11-9-13)12-16-14-6-4-5-7-17(14)20(2)19-16/h4-7,13,15,18H,3,8-12H2,1-2H3. The van der Waals surface area contributed by atoms with Crippen LogP contribution in [0.2, 0.25) is 0 Å². The van der Waals surface area contributed by atoms with Crippen molar-refractivity contribution in [3.8, 4) is 0 Å². The lowest BCUT2D eigenvalue weighted by Crippen LogP contribution is -2.40. The third-order valence-electron chi connectivity index (χ3n) is 4.55. The Morgan fingerprint density at radius 2 is 2.10 bits per heavy atom. The van der Waals surface area contributed by atoms with E-state index in [0.717, 1.165) is 39.0 Å². The molecule has 2 aromatic rings. The molecule has 1 unspecified atom stereocenters. The fourth-order valence-corrected chi connectivity index (χ4v) is 3.43. The molecule has 1 saturated heterocycles. The number of nitrogens with one attached hydrogen (secondary N) is 1. The van der Waals surface area contributed by atoms with Gasteiger partial charge in [0.2, 0.25) is 0 Å². The Morgan fingerprint density at radius 3 is 2.86 bits per heavy atom. The maximum absolute atomic E-state index is 5.51. The molecule has 21 heavy (non-hydrogen) atoms. The summed E-state index contributed by atoms with van der Waals surface area (Å²) in [5.41, 5.74) is 2.43. The number of rotatable bonds is 5. The van der Waals surface area contributed by atoms with E-state index in [0.29, 0.717) is 12.0 Å². The molecule has 2 heterocycles. The second kappa shape index (κ2) is 6.58. The second-order valence-electron chi connectivity index (χ2n) is 5.91. The van der Waals surface area contributed by atoms with E-state index >= 15 is 0 Å². The van der Waals surface area contributed by atoms with E-state index in [2.05, 4.69) is 36.5 Å². The molecule has 4 heteroatoms. The summed E-state index contributed by atoms with van der Waals surface area (Å²) in [7, 11) is 2.03. The predicted molar refractivity (Wildman–Crippen MR) is 85.4 cm³/mol. The number of fused-ring (bicyclic) bond motifs is 1. The number of hydrogen-bond acceptors (Lipinski definition) is 3. The molecule has 4 nitrogen and oxygen atoms in total. The summed E-state index contributed by atoms with van der Waals surface area (Å²) >= 11 is 0. The highest BCUT2D eigenvalue weighted by molar-refractivity contribution is 5.81. The van der Waals surface area contributed by atoms with E-state index in [1.807, 2.05) is 11.7 Å². The van der Waals surface area contributed by atoms with E-state index in [-0.39, 0.29) is 0 Å². The molecule has 0 saturated carbocycles. The SMILES string of the molecule is CCNC(Cc1nn(C)c2ccccc12)C1CCOCC1. The van der Waals surface area contributed by atoms with Crippen LogP contribution >= 0.6 is 0 Å². The van der Waals surface area contributed by atoms with Crippen LogP contribution in [-0.2, 0) is 18.2 Å². The van der Waals surface area contributed by atoms with Gasteiger partial charge in [0.05, 0.1) is 11.2 Å². The molecule has 0 amide bonds. The molecule has 0 radical (unpaired) electrons. The summed E-state index contributed by atoms with van der Waals surface area (Å²) in [6.07, 6.45) is 3.31. The van der Waals surface area contributed by atoms with Crippen molar-refractivity contribution in [2.75, 3.05) is 19.8 Å². The fourth-order valence-electron chi connectivity index (χ4n) is 3.43. The zero-order valence-corrected chi connectivity index (χ0v) is 13.0. The lowest BCUT2D eigenvalue weighted by molar-refractivity contribution is 0.0539. The quantitative estimate of drug-likeness (QED) is 0.918. The number of aromatic nitrogens is 2. The molecule has 1 aliphatic heterocycles. The maximum atomic E-state index is 5.51. The minimum Gasteiger partial charge on any atom is -0.381 e. The number of aryl methyl sites for hydroxylation is 1. The molecule has 0 bridgehead atoms. The van der Waals surface area contributed by atoms with E-state index < -0.39 is 0 Å². The summed E-state index contributed by atoms with van der Waals surface area (Å²) in [5.74, 6) is 0.694. The van der Waals surface area contributed by atoms with Gasteiger partial charge in [-0.2, -0.15) is 5.10 Å². The Bertz CT molecular complexity index is 587. The second-order valence-corrected chi connectivity index (χ2v) is 5.91. The van der Waals surface area contributed by atoms with Gasteiger partial charge in [-0.05, 0) is 31.4 Å². The van der Waals surface area contributed by atoms with Crippen LogP contribution in [0.5, 0.6) is 0 Å². The highest BCUT2D eigenvalue weighted by Gasteiger charge is 2.25. The van der Waals surface area contributed by atoms with Crippen molar-refractivity contribution >= 4 is 10.9 Å². The first kappa shape index (κ1) is 14.5. The van der Waals surface area contributed by atoms with Gasteiger partial charge in [-0.1, -0.05) is 25.1 Å². The van der Waals surface area contributed by atoms with Gasteiger partial charge in [-0.15, -0.1) is 0 Å². The summed E-state index contributed by atoms with van der Waals surface area (Å²) in [6.45, 7) is 4.99. The highest BCUT2D eigenvalue weighted by Crippen LogP contribution is 2.24. The van der Waals surface area contributed by atoms with Crippen LogP contribution in [0.1, 0.15) is 25.5 Å². The van der Waals surface area contributed by atoms with Gasteiger partial charge in [0.15, 0.2) is 0 Å². The molecule has 1 aliphatic rings. The zero-order chi connectivity index (χ0) is 14.7. The predicted octanol–water partition coefficient (Wildman–Crippen LogP) is 2.52. The molecule has 114 valence electrons. The van der Waals surface area contributed by atoms with Crippen LogP contribution < -0.4 is 5.32 Å². The van der Waals surface area contributed by atoms with Crippen LogP contribution in [0, 0.1) is 5.92 Å². The maximum Gasteiger partial charge on any atom is 0.0718 e. The van der Waals surface area contributed by atoms with Gasteiger partial charge in [0.1, 0.15) is 0 Å². The van der Waals surface area contributed by atoms with E-state index in [1.165, 1.54) is 16.6 Å². The molecule has 1 N–H and O–H groups in total. The van der Waals surface area contributed by atoms with Crippen molar-refractivity contribution in [2.24, 2.45) is 13.0 Å². The Kier molecular flexibility index (Phi) is 4.56. The van der Waals surface area contributed by atoms with Crippen LogP contribution in [-0.4, -0.2) is 35.6 Å². The number of likely N-dealkylation sites (N-methyl/N-ethyl adjacent to an activating group) is 1. The molecular formula is C17H25N3O. The van der Waals surface area contributed by atoms with Crippen molar-refractivity contribution in [3.05, 3.63) is 30.0 Å². The number of benzene rings is 1. The molecule has 1 aromatic heterocycles. The molecule has 3 rings (SSSR count). The average Bonchev–Trinajstić information content (AvgIpc) is 2.85. The average molecular weight is 287 g/mol. The van der Waals surface area contributed by atoms with Gasteiger partial charge in [-0.3, -0.25) is 4.68 Å². The Morgan fingerprint density at radius 1 is 1.33 bits per heavy atom. The highest BCUT2D eigenvalue weighted by atomic mass is 16.5. The molecular weight excluding hydrogens is 262 g/mol. The van der Waals surface area contributed by atoms with Gasteiger partial charge in [0.25, 0.3) is 0 Å². The lowest BCUT2D eigenvalue weighted by Gasteiger charge is -2.30. The van der Waals surface area contributed by atoms with Crippen LogP contribution in [0.25, 0.3) is 10.9 Å². The van der Waals surface area contributed by atoms with Crippen molar-refractivity contribution < 1.29 is 4.74 Å². The normalized spacial score (nSPS) is 18.2. The molecule has 0 aliphatic carbocycles. The van der Waals surface area contributed by atoms with Crippen LogP contribution in [0.3, 0.4) is 0 Å². The summed E-state index contributed by atoms with van der Waals surface area (Å²) in [6, 6.07) is 9.00. The number of nitrogens with zero attached hydrogens (tertiary/aromatic N) is 2. The summed E-state index contributed by atoms with van der Waals surface area (Å²) in [5, 5.41) is 9.71. The van der Waals surface area contributed by atoms with Gasteiger partial charge >= 0.3 is 0 Å². The van der Waals surface area contributed by atoms with E-state index in [4.69, 9.17) is 9.84 Å². The first-order valence-electron chi connectivity index (χ1n) is 8.01. The van der Waals surface area contributed by atoms with Crippen molar-refractivity contribution in [2.45, 2.75) is 32.2 Å². The summed E-state index contributed by atoms with van der Waals surface area (Å²) in [4.78, 5) is 0. The van der Waals surface area contributed by atoms with E-state index in [1.54, 1.807) is 0 Å². The topological polar surface area (TPSA) is 39.1 Å². The third kappa shape index (κ3) is 3.11. The van der Waals surface area contributed by atoms with E-state index in [9.17, 15) is 0 Å². The number of hydrogen-bond donors (Lipinski definition) is 1. The molecule has 0 spiro atoms. The van der Waals surface area contributed by atoms with Crippen molar-refractivity contribution in [3.63, 3.8) is 0 Å². The molecule has 1 fully saturated rings. The van der Waals surface area contributed by atoms with Crippen LogP contribution in [0.15, 0.2) is 24.3 Å². The minimum absolute atomic E-state index is 0.497. The largest absolute Gasteiger partial charge is 0.381 e. The smallest absolute Gasteiger partial charge is 0.0718 e. The first-order chi connectivity index (χ1) is 10.3. The molecule has 1 aromatic carbocycles. The lowest BCUT2D eigenvalue weighted by atomic mass is 9.88. The van der Waals surface area contributed by atoms with Gasteiger partial charge in [-0.25, -0.2) is 0 Å².